The Balaban J connectivity index is 0.000000883. The maximum Gasteiger partial charge on any atom is 0.246 e. The lowest BCUT2D eigenvalue weighted by Gasteiger charge is -2.20. The van der Waals surface area contributed by atoms with Crippen LogP contribution in [0.2, 0.25) is 0 Å². The molecule has 10 heteroatoms. The number of carbonyl (C=O) groups is 1. The number of methoxy groups -OCH3 is 1. The molecular formula is C31H50N4O5S. The SMILES string of the molecule is CC(C)N(C)C.COc1cc(C)c(S(=O)(=O)N(C)CCOCC(=O)NCc2ccc3c(c2)CC(N(C)C)C3)c(C)c1. The Morgan fingerprint density at radius 1 is 1.00 bits per heavy atom. The molecule has 0 radical (unpaired) electrons. The highest BCUT2D eigenvalue weighted by Crippen LogP contribution is 2.28. The third-order valence-corrected chi connectivity index (χ3v) is 9.72. The molecule has 0 bridgehead atoms. The van der Waals surface area contributed by atoms with Gasteiger partial charge in [0.1, 0.15) is 12.4 Å². The molecule has 0 heterocycles. The number of aryl methyl sites for hydroxylation is 2. The van der Waals surface area contributed by atoms with E-state index in [1.165, 1.54) is 22.5 Å². The third kappa shape index (κ3) is 10.1. The van der Waals surface area contributed by atoms with Gasteiger partial charge in [0.25, 0.3) is 0 Å². The van der Waals surface area contributed by atoms with Crippen LogP contribution in [-0.2, 0) is 38.9 Å². The molecule has 1 unspecified atom stereocenters. The summed E-state index contributed by atoms with van der Waals surface area (Å²) < 4.78 is 38.0. The molecule has 0 saturated heterocycles. The van der Waals surface area contributed by atoms with Crippen LogP contribution in [0.1, 0.15) is 41.7 Å². The molecular weight excluding hydrogens is 540 g/mol. The van der Waals surface area contributed by atoms with E-state index in [-0.39, 0.29) is 30.6 Å². The Bertz CT molecular complexity index is 1230. The van der Waals surface area contributed by atoms with Gasteiger partial charge in [-0.2, -0.15) is 4.31 Å². The second kappa shape index (κ2) is 15.7. The largest absolute Gasteiger partial charge is 0.497 e. The molecule has 230 valence electrons. The number of hydrogen-bond acceptors (Lipinski definition) is 7. The lowest BCUT2D eigenvalue weighted by Crippen LogP contribution is -2.33. The molecule has 9 nitrogen and oxygen atoms in total. The van der Waals surface area contributed by atoms with E-state index in [1.54, 1.807) is 33.1 Å². The van der Waals surface area contributed by atoms with Crippen molar-refractivity contribution in [2.45, 2.75) is 64.1 Å². The zero-order chi connectivity index (χ0) is 30.9. The fourth-order valence-electron chi connectivity index (χ4n) is 4.44. The van der Waals surface area contributed by atoms with Gasteiger partial charge in [-0.3, -0.25) is 4.79 Å². The summed E-state index contributed by atoms with van der Waals surface area (Å²) in [5.74, 6) is 0.387. The first kappa shape index (κ1) is 34.7. The number of ether oxygens (including phenoxy) is 2. The first-order valence-electron chi connectivity index (χ1n) is 14.1. The van der Waals surface area contributed by atoms with E-state index in [9.17, 15) is 13.2 Å². The standard InChI is InChI=1S/C26H37N3O5S.C5H13N/c1-18-11-24(33-6)12-19(2)26(18)35(31,32)29(5)9-10-34-17-25(30)27-16-20-7-8-21-14-23(28(3)4)15-22(21)13-20;1-5(2)6(3)4/h7-8,11-13,23H,9-10,14-17H2,1-6H3,(H,27,30);5H,1-4H3. The van der Waals surface area contributed by atoms with Crippen LogP contribution in [0, 0.1) is 13.8 Å². The number of hydrogen-bond donors (Lipinski definition) is 1. The Morgan fingerprint density at radius 3 is 2.12 bits per heavy atom. The lowest BCUT2D eigenvalue weighted by molar-refractivity contribution is -0.125. The fraction of sp³-hybridized carbons (Fsp3) is 0.581. The molecule has 2 aromatic carbocycles. The van der Waals surface area contributed by atoms with Crippen molar-refractivity contribution in [2.75, 3.05) is 62.1 Å². The van der Waals surface area contributed by atoms with Gasteiger partial charge in [-0.1, -0.05) is 18.2 Å². The van der Waals surface area contributed by atoms with Gasteiger partial charge in [0, 0.05) is 32.2 Å². The number of amides is 1. The van der Waals surface area contributed by atoms with Gasteiger partial charge in [-0.25, -0.2) is 8.42 Å². The number of nitrogens with one attached hydrogen (secondary N) is 1. The molecule has 1 amide bonds. The summed E-state index contributed by atoms with van der Waals surface area (Å²) >= 11 is 0. The van der Waals surface area contributed by atoms with Gasteiger partial charge >= 0.3 is 0 Å². The van der Waals surface area contributed by atoms with E-state index in [0.717, 1.165) is 18.4 Å². The number of rotatable bonds is 12. The van der Waals surface area contributed by atoms with E-state index < -0.39 is 10.0 Å². The van der Waals surface area contributed by atoms with E-state index in [2.05, 4.69) is 75.4 Å². The van der Waals surface area contributed by atoms with Gasteiger partial charge in [-0.15, -0.1) is 0 Å². The van der Waals surface area contributed by atoms with Crippen LogP contribution in [-0.4, -0.2) is 103 Å². The normalized spacial score (nSPS) is 14.8. The average Bonchev–Trinajstić information content (AvgIpc) is 3.33. The predicted molar refractivity (Wildman–Crippen MR) is 165 cm³/mol. The minimum Gasteiger partial charge on any atom is -0.497 e. The van der Waals surface area contributed by atoms with Crippen LogP contribution in [0.3, 0.4) is 0 Å². The number of likely N-dealkylation sites (N-methyl/N-ethyl adjacent to an activating group) is 2. The number of nitrogens with zero attached hydrogens (tertiary/aromatic N) is 3. The predicted octanol–water partition coefficient (Wildman–Crippen LogP) is 3.25. The molecule has 1 aliphatic carbocycles. The molecule has 41 heavy (non-hydrogen) atoms. The van der Waals surface area contributed by atoms with Crippen LogP contribution in [0.25, 0.3) is 0 Å². The Labute approximate surface area is 247 Å². The third-order valence-electron chi connectivity index (χ3n) is 7.56. The van der Waals surface area contributed by atoms with Gasteiger partial charge in [0.05, 0.1) is 18.6 Å². The summed E-state index contributed by atoms with van der Waals surface area (Å²) in [5, 5.41) is 2.88. The van der Waals surface area contributed by atoms with Crippen molar-refractivity contribution in [1.29, 1.82) is 0 Å². The monoisotopic (exact) mass is 590 g/mol. The topological polar surface area (TPSA) is 91.4 Å². The van der Waals surface area contributed by atoms with Crippen LogP contribution in [0.4, 0.5) is 0 Å². The maximum atomic E-state index is 13.0. The molecule has 1 atom stereocenters. The summed E-state index contributed by atoms with van der Waals surface area (Å²) in [6.07, 6.45) is 2.09. The first-order valence-corrected chi connectivity index (χ1v) is 15.5. The minimum atomic E-state index is -3.69. The smallest absolute Gasteiger partial charge is 0.246 e. The molecule has 3 rings (SSSR count). The molecule has 0 spiro atoms. The van der Waals surface area contributed by atoms with Gasteiger partial charge in [0.15, 0.2) is 0 Å². The van der Waals surface area contributed by atoms with Crippen molar-refractivity contribution in [3.63, 3.8) is 0 Å². The second-order valence-corrected chi connectivity index (χ2v) is 13.4. The van der Waals surface area contributed by atoms with Gasteiger partial charge < -0.3 is 24.6 Å². The lowest BCUT2D eigenvalue weighted by atomic mass is 10.1. The number of sulfonamides is 1. The summed E-state index contributed by atoms with van der Waals surface area (Å²) in [4.78, 5) is 16.9. The Hall–Kier alpha value is -2.50. The van der Waals surface area contributed by atoms with Gasteiger partial charge in [0.2, 0.25) is 15.9 Å². The van der Waals surface area contributed by atoms with Crippen molar-refractivity contribution in [3.05, 3.63) is 58.1 Å². The van der Waals surface area contributed by atoms with E-state index in [4.69, 9.17) is 9.47 Å². The van der Waals surface area contributed by atoms with Crippen molar-refractivity contribution >= 4 is 15.9 Å². The van der Waals surface area contributed by atoms with Gasteiger partial charge in [-0.05, 0) is 109 Å². The Kier molecular flexibility index (Phi) is 13.2. The minimum absolute atomic E-state index is 0.113. The van der Waals surface area contributed by atoms with Crippen molar-refractivity contribution < 1.29 is 22.7 Å². The van der Waals surface area contributed by atoms with Crippen LogP contribution in [0.5, 0.6) is 5.75 Å². The molecule has 1 aliphatic rings. The van der Waals surface area contributed by atoms with Crippen LogP contribution >= 0.6 is 0 Å². The fourth-order valence-corrected chi connectivity index (χ4v) is 6.00. The van der Waals surface area contributed by atoms with E-state index in [0.29, 0.717) is 35.5 Å². The number of carbonyl (C=O) groups excluding carboxylic acids is 1. The van der Waals surface area contributed by atoms with Crippen molar-refractivity contribution in [3.8, 4) is 5.75 Å². The van der Waals surface area contributed by atoms with Crippen molar-refractivity contribution in [2.24, 2.45) is 0 Å². The zero-order valence-electron chi connectivity index (χ0n) is 26.6. The zero-order valence-corrected chi connectivity index (χ0v) is 27.4. The quantitative estimate of drug-likeness (QED) is 0.380. The van der Waals surface area contributed by atoms with Crippen molar-refractivity contribution in [1.82, 2.24) is 19.4 Å². The van der Waals surface area contributed by atoms with Crippen LogP contribution in [0.15, 0.2) is 35.2 Å². The van der Waals surface area contributed by atoms with Crippen LogP contribution < -0.4 is 10.1 Å². The Morgan fingerprint density at radius 2 is 1.59 bits per heavy atom. The molecule has 0 aromatic heterocycles. The molecule has 0 fully saturated rings. The van der Waals surface area contributed by atoms with E-state index >= 15 is 0 Å². The molecule has 2 aromatic rings. The highest BCUT2D eigenvalue weighted by molar-refractivity contribution is 7.89. The first-order chi connectivity index (χ1) is 19.2. The molecule has 0 saturated carbocycles. The number of fused-ring (bicyclic) bond motifs is 1. The molecule has 0 aliphatic heterocycles. The summed E-state index contributed by atoms with van der Waals surface area (Å²) in [5.41, 5.74) is 5.03. The second-order valence-electron chi connectivity index (χ2n) is 11.4. The summed E-state index contributed by atoms with van der Waals surface area (Å²) in [7, 11) is 7.72. The number of benzene rings is 2. The molecule has 1 N–H and O–H groups in total. The summed E-state index contributed by atoms with van der Waals surface area (Å²) in [6, 6.07) is 11.0. The highest BCUT2D eigenvalue weighted by Gasteiger charge is 2.26. The van der Waals surface area contributed by atoms with E-state index in [1.807, 2.05) is 0 Å². The maximum absolute atomic E-state index is 13.0. The highest BCUT2D eigenvalue weighted by atomic mass is 32.2. The summed E-state index contributed by atoms with van der Waals surface area (Å²) in [6.45, 7) is 8.40. The average molecular weight is 591 g/mol.